The summed E-state index contributed by atoms with van der Waals surface area (Å²) in [4.78, 5) is 0.00971. The lowest BCUT2D eigenvalue weighted by atomic mass is 10.0. The first-order chi connectivity index (χ1) is 12.9. The number of hydrogen-bond acceptors (Lipinski definition) is 3. The SMILES string of the molecule is CCC(C)(C)NCc1ccc(S(=O)(=O)NCc2ccccc2C(F)(F)F)cc1. The molecule has 0 aliphatic heterocycles. The van der Waals surface area contributed by atoms with Crippen LogP contribution in [0.3, 0.4) is 0 Å². The maximum Gasteiger partial charge on any atom is 0.416 e. The molecule has 0 unspecified atom stereocenters. The van der Waals surface area contributed by atoms with E-state index in [-0.39, 0.29) is 16.0 Å². The second-order valence-electron chi connectivity index (χ2n) is 7.21. The smallest absolute Gasteiger partial charge is 0.308 e. The zero-order valence-electron chi connectivity index (χ0n) is 16.1. The molecule has 154 valence electrons. The van der Waals surface area contributed by atoms with E-state index in [1.165, 1.54) is 30.3 Å². The van der Waals surface area contributed by atoms with Crippen LogP contribution >= 0.6 is 0 Å². The lowest BCUT2D eigenvalue weighted by Crippen LogP contribution is -2.37. The van der Waals surface area contributed by atoms with Gasteiger partial charge in [-0.25, -0.2) is 13.1 Å². The zero-order chi connectivity index (χ0) is 21.0. The molecule has 28 heavy (non-hydrogen) atoms. The van der Waals surface area contributed by atoms with Gasteiger partial charge in [-0.15, -0.1) is 0 Å². The highest BCUT2D eigenvalue weighted by molar-refractivity contribution is 7.89. The zero-order valence-corrected chi connectivity index (χ0v) is 16.9. The van der Waals surface area contributed by atoms with Crippen molar-refractivity contribution in [2.24, 2.45) is 0 Å². The Bertz CT molecular complexity index is 892. The van der Waals surface area contributed by atoms with Crippen LogP contribution in [0, 0.1) is 0 Å². The Hall–Kier alpha value is -1.90. The molecule has 0 saturated heterocycles. The summed E-state index contributed by atoms with van der Waals surface area (Å²) < 4.78 is 66.2. The fraction of sp³-hybridized carbons (Fsp3) is 0.400. The number of hydrogen-bond donors (Lipinski definition) is 2. The molecule has 0 bridgehead atoms. The van der Waals surface area contributed by atoms with E-state index in [9.17, 15) is 21.6 Å². The van der Waals surface area contributed by atoms with Gasteiger partial charge in [-0.2, -0.15) is 13.2 Å². The van der Waals surface area contributed by atoms with Crippen LogP contribution in [0.2, 0.25) is 0 Å². The number of sulfonamides is 1. The molecule has 2 N–H and O–H groups in total. The van der Waals surface area contributed by atoms with E-state index in [0.717, 1.165) is 18.1 Å². The van der Waals surface area contributed by atoms with Crippen molar-refractivity contribution in [2.45, 2.75) is 56.9 Å². The third-order valence-corrected chi connectivity index (χ3v) is 6.08. The molecule has 0 spiro atoms. The Morgan fingerprint density at radius 2 is 1.54 bits per heavy atom. The van der Waals surface area contributed by atoms with Crippen molar-refractivity contribution in [3.63, 3.8) is 0 Å². The molecule has 0 aliphatic carbocycles. The molecule has 0 fully saturated rings. The predicted molar refractivity (Wildman–Crippen MR) is 103 cm³/mol. The highest BCUT2D eigenvalue weighted by Gasteiger charge is 2.33. The van der Waals surface area contributed by atoms with E-state index in [1.807, 2.05) is 0 Å². The van der Waals surface area contributed by atoms with Crippen molar-refractivity contribution in [1.82, 2.24) is 10.0 Å². The van der Waals surface area contributed by atoms with Crippen molar-refractivity contribution in [3.8, 4) is 0 Å². The highest BCUT2D eigenvalue weighted by Crippen LogP contribution is 2.31. The molecule has 4 nitrogen and oxygen atoms in total. The fourth-order valence-corrected chi connectivity index (χ4v) is 3.47. The van der Waals surface area contributed by atoms with Crippen LogP contribution in [0.4, 0.5) is 13.2 Å². The minimum absolute atomic E-state index is 0.00971. The fourth-order valence-electron chi connectivity index (χ4n) is 2.46. The number of alkyl halides is 3. The van der Waals surface area contributed by atoms with Crippen molar-refractivity contribution >= 4 is 10.0 Å². The summed E-state index contributed by atoms with van der Waals surface area (Å²) in [6, 6.07) is 11.2. The summed E-state index contributed by atoms with van der Waals surface area (Å²) in [6.45, 7) is 6.38. The first kappa shape index (κ1) is 22.4. The number of rotatable bonds is 8. The Balaban J connectivity index is 2.08. The molecule has 0 aliphatic rings. The Morgan fingerprint density at radius 1 is 0.929 bits per heavy atom. The molecule has 0 saturated carbocycles. The minimum Gasteiger partial charge on any atom is -0.308 e. The van der Waals surface area contributed by atoms with Crippen molar-refractivity contribution in [3.05, 3.63) is 65.2 Å². The van der Waals surface area contributed by atoms with Crippen LogP contribution in [-0.2, 0) is 29.3 Å². The normalized spacial score (nSPS) is 12.9. The Morgan fingerprint density at radius 3 is 2.11 bits per heavy atom. The minimum atomic E-state index is -4.54. The molecule has 0 atom stereocenters. The lowest BCUT2D eigenvalue weighted by Gasteiger charge is -2.24. The third-order valence-electron chi connectivity index (χ3n) is 4.66. The summed E-state index contributed by atoms with van der Waals surface area (Å²) in [6.07, 6.45) is -3.59. The molecule has 0 amide bonds. The van der Waals surface area contributed by atoms with Gasteiger partial charge >= 0.3 is 6.18 Å². The van der Waals surface area contributed by atoms with Gasteiger partial charge in [-0.05, 0) is 49.6 Å². The van der Waals surface area contributed by atoms with Crippen LogP contribution in [0.25, 0.3) is 0 Å². The predicted octanol–water partition coefficient (Wildman–Crippen LogP) is 4.46. The molecule has 0 radical (unpaired) electrons. The quantitative estimate of drug-likeness (QED) is 0.670. The van der Waals surface area contributed by atoms with Gasteiger partial charge in [0.2, 0.25) is 10.0 Å². The maximum absolute atomic E-state index is 13.0. The maximum atomic E-state index is 13.0. The first-order valence-electron chi connectivity index (χ1n) is 8.93. The van der Waals surface area contributed by atoms with Crippen LogP contribution < -0.4 is 10.0 Å². The van der Waals surface area contributed by atoms with E-state index in [2.05, 4.69) is 30.8 Å². The van der Waals surface area contributed by atoms with Crippen LogP contribution in [0.15, 0.2) is 53.4 Å². The van der Waals surface area contributed by atoms with Gasteiger partial charge in [0.15, 0.2) is 0 Å². The van der Waals surface area contributed by atoms with Crippen molar-refractivity contribution in [1.29, 1.82) is 0 Å². The largest absolute Gasteiger partial charge is 0.416 e. The van der Waals surface area contributed by atoms with E-state index in [1.54, 1.807) is 12.1 Å². The highest BCUT2D eigenvalue weighted by atomic mass is 32.2. The van der Waals surface area contributed by atoms with Gasteiger partial charge < -0.3 is 5.32 Å². The standard InChI is InChI=1S/C20H25F3N2O2S/c1-4-19(2,3)24-13-15-9-11-17(12-10-15)28(26,27)25-14-16-7-5-6-8-18(16)20(21,22)23/h5-12,24-25H,4,13-14H2,1-3H3. The van der Waals surface area contributed by atoms with Crippen molar-refractivity contribution < 1.29 is 21.6 Å². The summed E-state index contributed by atoms with van der Waals surface area (Å²) in [5.41, 5.74) is -0.0835. The summed E-state index contributed by atoms with van der Waals surface area (Å²) >= 11 is 0. The van der Waals surface area contributed by atoms with Gasteiger partial charge in [-0.1, -0.05) is 37.3 Å². The molecule has 2 rings (SSSR count). The van der Waals surface area contributed by atoms with Crippen LogP contribution in [0.1, 0.15) is 43.9 Å². The first-order valence-corrected chi connectivity index (χ1v) is 10.4. The molecule has 0 heterocycles. The number of benzene rings is 2. The molecule has 2 aromatic rings. The second kappa shape index (κ2) is 8.63. The second-order valence-corrected chi connectivity index (χ2v) is 8.98. The van der Waals surface area contributed by atoms with Gasteiger partial charge in [0.05, 0.1) is 10.5 Å². The van der Waals surface area contributed by atoms with E-state index < -0.39 is 28.3 Å². The lowest BCUT2D eigenvalue weighted by molar-refractivity contribution is -0.138. The van der Waals surface area contributed by atoms with E-state index in [0.29, 0.717) is 6.54 Å². The topological polar surface area (TPSA) is 58.2 Å². The molecular formula is C20H25F3N2O2S. The Labute approximate surface area is 164 Å². The van der Waals surface area contributed by atoms with E-state index >= 15 is 0 Å². The Kier molecular flexibility index (Phi) is 6.90. The summed E-state index contributed by atoms with van der Waals surface area (Å²) in [7, 11) is -3.92. The summed E-state index contributed by atoms with van der Waals surface area (Å²) in [5.74, 6) is 0. The van der Waals surface area contributed by atoms with Gasteiger partial charge in [0.1, 0.15) is 0 Å². The summed E-state index contributed by atoms with van der Waals surface area (Å²) in [5, 5.41) is 3.38. The average Bonchev–Trinajstić information content (AvgIpc) is 2.65. The third kappa shape index (κ3) is 6.05. The van der Waals surface area contributed by atoms with Gasteiger partial charge in [0, 0.05) is 18.6 Å². The van der Waals surface area contributed by atoms with E-state index in [4.69, 9.17) is 0 Å². The van der Waals surface area contributed by atoms with Gasteiger partial charge in [-0.3, -0.25) is 0 Å². The number of nitrogens with one attached hydrogen (secondary N) is 2. The molecule has 2 aromatic carbocycles. The monoisotopic (exact) mass is 414 g/mol. The number of halogens is 3. The average molecular weight is 414 g/mol. The molecule has 0 aromatic heterocycles. The van der Waals surface area contributed by atoms with Crippen molar-refractivity contribution in [2.75, 3.05) is 0 Å². The van der Waals surface area contributed by atoms with Crippen LogP contribution in [-0.4, -0.2) is 14.0 Å². The van der Waals surface area contributed by atoms with Gasteiger partial charge in [0.25, 0.3) is 0 Å². The molecular weight excluding hydrogens is 389 g/mol. The molecule has 8 heteroatoms. The van der Waals surface area contributed by atoms with Crippen LogP contribution in [0.5, 0.6) is 0 Å².